The average Bonchev–Trinajstić information content (AvgIpc) is 2.36. The maximum Gasteiger partial charge on any atom is 0.153 e. The molecule has 0 aliphatic heterocycles. The van der Waals surface area contributed by atoms with Gasteiger partial charge >= 0.3 is 0 Å². The fourth-order valence-electron chi connectivity index (χ4n) is 0.844. The zero-order chi connectivity index (χ0) is 8.27. The monoisotopic (exact) mass is 192 g/mol. The zero-order valence-corrected chi connectivity index (χ0v) is 7.91. The summed E-state index contributed by atoms with van der Waals surface area (Å²) in [6.45, 7) is 4.43. The topological polar surface area (TPSA) is 47.3 Å². The van der Waals surface area contributed by atoms with Crippen molar-refractivity contribution in [2.45, 2.75) is 20.1 Å². The largest absolute Gasteiger partial charge is 0.505 e. The van der Waals surface area contributed by atoms with Crippen LogP contribution in [0.4, 0.5) is 0 Å². The third-order valence-electron chi connectivity index (χ3n) is 1.37. The van der Waals surface area contributed by atoms with Crippen molar-refractivity contribution in [3.63, 3.8) is 0 Å². The molecule has 0 fully saturated rings. The number of halogens is 1. The summed E-state index contributed by atoms with van der Waals surface area (Å²) in [4.78, 5) is 0. The Morgan fingerprint density at radius 2 is 2.42 bits per heavy atom. The van der Waals surface area contributed by atoms with E-state index in [-0.39, 0.29) is 24.4 Å². The molecular formula is C7H13ClN2O2. The first kappa shape index (κ1) is 11.3. The minimum Gasteiger partial charge on any atom is -0.505 e. The second-order valence-corrected chi connectivity index (χ2v) is 2.23. The Bertz CT molecular complexity index is 227. The second kappa shape index (κ2) is 5.00. The Balaban J connectivity index is 0.00000121. The first-order chi connectivity index (χ1) is 5.24. The van der Waals surface area contributed by atoms with Crippen LogP contribution in [0, 0.1) is 0 Å². The lowest BCUT2D eigenvalue weighted by atomic mass is 10.6. The van der Waals surface area contributed by atoms with E-state index in [4.69, 9.17) is 9.84 Å². The number of hydrogen-bond acceptors (Lipinski definition) is 3. The standard InChI is InChI=1S/C7H12N2O2.ClH/c1-3-11-6(2)9-5-7(10)4-8-9;/h4-6,10H,3H2,1-2H3;1H. The first-order valence-electron chi connectivity index (χ1n) is 3.58. The van der Waals surface area contributed by atoms with Gasteiger partial charge in [-0.05, 0) is 13.8 Å². The summed E-state index contributed by atoms with van der Waals surface area (Å²) in [6, 6.07) is 0. The van der Waals surface area contributed by atoms with Crippen molar-refractivity contribution < 1.29 is 9.84 Å². The molecule has 0 radical (unpaired) electrons. The maximum absolute atomic E-state index is 8.93. The fourth-order valence-corrected chi connectivity index (χ4v) is 0.844. The van der Waals surface area contributed by atoms with Crippen LogP contribution in [0.25, 0.3) is 0 Å². The van der Waals surface area contributed by atoms with Crippen LogP contribution >= 0.6 is 12.4 Å². The molecule has 4 nitrogen and oxygen atoms in total. The Labute approximate surface area is 77.6 Å². The van der Waals surface area contributed by atoms with Gasteiger partial charge in [-0.25, -0.2) is 4.68 Å². The first-order valence-corrected chi connectivity index (χ1v) is 3.58. The lowest BCUT2D eigenvalue weighted by molar-refractivity contribution is 0.0158. The summed E-state index contributed by atoms with van der Waals surface area (Å²) in [7, 11) is 0. The predicted molar refractivity (Wildman–Crippen MR) is 47.5 cm³/mol. The van der Waals surface area contributed by atoms with Gasteiger partial charge in [0.15, 0.2) is 5.75 Å². The maximum atomic E-state index is 8.93. The molecule has 5 heteroatoms. The van der Waals surface area contributed by atoms with Crippen molar-refractivity contribution in [1.82, 2.24) is 9.78 Å². The summed E-state index contributed by atoms with van der Waals surface area (Å²) < 4.78 is 6.80. The van der Waals surface area contributed by atoms with Gasteiger partial charge in [-0.2, -0.15) is 5.10 Å². The van der Waals surface area contributed by atoms with E-state index in [0.717, 1.165) is 0 Å². The molecule has 0 bridgehead atoms. The van der Waals surface area contributed by atoms with E-state index < -0.39 is 0 Å². The van der Waals surface area contributed by atoms with Crippen LogP contribution in [0.2, 0.25) is 0 Å². The van der Waals surface area contributed by atoms with Crippen LogP contribution in [0.5, 0.6) is 5.75 Å². The van der Waals surface area contributed by atoms with E-state index >= 15 is 0 Å². The molecule has 0 aromatic carbocycles. The summed E-state index contributed by atoms with van der Waals surface area (Å²) in [5.74, 6) is 0.163. The Hall–Kier alpha value is -0.740. The van der Waals surface area contributed by atoms with E-state index in [1.54, 1.807) is 4.68 Å². The number of nitrogens with zero attached hydrogens (tertiary/aromatic N) is 2. The molecule has 1 aromatic heterocycles. The molecule has 1 atom stereocenters. The highest BCUT2D eigenvalue weighted by Crippen LogP contribution is 2.11. The van der Waals surface area contributed by atoms with Gasteiger partial charge in [0, 0.05) is 6.61 Å². The second-order valence-electron chi connectivity index (χ2n) is 2.23. The molecule has 0 saturated heterocycles. The zero-order valence-electron chi connectivity index (χ0n) is 7.10. The lowest BCUT2D eigenvalue weighted by Gasteiger charge is -2.10. The molecular weight excluding hydrogens is 180 g/mol. The summed E-state index contributed by atoms with van der Waals surface area (Å²) in [5.41, 5.74) is 0. The molecule has 0 amide bonds. The highest BCUT2D eigenvalue weighted by molar-refractivity contribution is 5.85. The highest BCUT2D eigenvalue weighted by atomic mass is 35.5. The molecule has 0 spiro atoms. The number of aromatic hydroxyl groups is 1. The van der Waals surface area contributed by atoms with E-state index in [0.29, 0.717) is 6.61 Å². The predicted octanol–water partition coefficient (Wildman–Crippen LogP) is 1.57. The summed E-state index contributed by atoms with van der Waals surface area (Å²) in [5, 5.41) is 12.8. The molecule has 1 unspecified atom stereocenters. The third-order valence-corrected chi connectivity index (χ3v) is 1.37. The van der Waals surface area contributed by atoms with Crippen LogP contribution in [-0.4, -0.2) is 21.5 Å². The van der Waals surface area contributed by atoms with Gasteiger partial charge in [-0.3, -0.25) is 0 Å². The van der Waals surface area contributed by atoms with Gasteiger partial charge < -0.3 is 9.84 Å². The third kappa shape index (κ3) is 2.71. The normalized spacial score (nSPS) is 12.2. The van der Waals surface area contributed by atoms with Crippen LogP contribution in [0.3, 0.4) is 0 Å². The number of ether oxygens (including phenoxy) is 1. The molecule has 1 heterocycles. The van der Waals surface area contributed by atoms with Gasteiger partial charge in [0.1, 0.15) is 6.23 Å². The Morgan fingerprint density at radius 1 is 1.75 bits per heavy atom. The molecule has 1 rings (SSSR count). The molecule has 1 aromatic rings. The van der Waals surface area contributed by atoms with E-state index in [1.807, 2.05) is 13.8 Å². The summed E-state index contributed by atoms with van der Waals surface area (Å²) in [6.07, 6.45) is 2.80. The van der Waals surface area contributed by atoms with Gasteiger partial charge in [-0.1, -0.05) is 0 Å². The molecule has 0 aliphatic carbocycles. The highest BCUT2D eigenvalue weighted by Gasteiger charge is 2.03. The molecule has 0 aliphatic rings. The van der Waals surface area contributed by atoms with E-state index in [9.17, 15) is 0 Å². The van der Waals surface area contributed by atoms with Crippen molar-refractivity contribution in [2.75, 3.05) is 6.61 Å². The minimum atomic E-state index is -0.110. The lowest BCUT2D eigenvalue weighted by Crippen LogP contribution is -2.09. The number of aromatic nitrogens is 2. The van der Waals surface area contributed by atoms with Crippen LogP contribution in [0.1, 0.15) is 20.1 Å². The molecule has 12 heavy (non-hydrogen) atoms. The quantitative estimate of drug-likeness (QED) is 0.791. The van der Waals surface area contributed by atoms with Crippen molar-refractivity contribution in [2.24, 2.45) is 0 Å². The summed E-state index contributed by atoms with van der Waals surface area (Å²) >= 11 is 0. The Kier molecular flexibility index (Phi) is 4.70. The molecule has 70 valence electrons. The number of rotatable bonds is 3. The van der Waals surface area contributed by atoms with Gasteiger partial charge in [0.05, 0.1) is 12.4 Å². The Morgan fingerprint density at radius 3 is 2.83 bits per heavy atom. The van der Waals surface area contributed by atoms with Crippen molar-refractivity contribution >= 4 is 12.4 Å². The van der Waals surface area contributed by atoms with Crippen molar-refractivity contribution in [3.05, 3.63) is 12.4 Å². The van der Waals surface area contributed by atoms with Gasteiger partial charge in [0.2, 0.25) is 0 Å². The van der Waals surface area contributed by atoms with Crippen LogP contribution in [0.15, 0.2) is 12.4 Å². The van der Waals surface area contributed by atoms with Crippen molar-refractivity contribution in [1.29, 1.82) is 0 Å². The fraction of sp³-hybridized carbons (Fsp3) is 0.571. The SMILES string of the molecule is CCOC(C)n1cc(O)cn1.Cl. The van der Waals surface area contributed by atoms with E-state index in [2.05, 4.69) is 5.10 Å². The van der Waals surface area contributed by atoms with Crippen LogP contribution in [-0.2, 0) is 4.74 Å². The molecule has 1 N–H and O–H groups in total. The van der Waals surface area contributed by atoms with Crippen LogP contribution < -0.4 is 0 Å². The van der Waals surface area contributed by atoms with Gasteiger partial charge in [0.25, 0.3) is 0 Å². The number of hydrogen-bond donors (Lipinski definition) is 1. The van der Waals surface area contributed by atoms with E-state index in [1.165, 1.54) is 12.4 Å². The van der Waals surface area contributed by atoms with Crippen molar-refractivity contribution in [3.8, 4) is 5.75 Å². The minimum absolute atomic E-state index is 0. The molecule has 0 saturated carbocycles. The average molecular weight is 193 g/mol. The smallest absolute Gasteiger partial charge is 0.153 e. The van der Waals surface area contributed by atoms with Gasteiger partial charge in [-0.15, -0.1) is 12.4 Å².